The first-order valence-electron chi connectivity index (χ1n) is 6.46. The van der Waals surface area contributed by atoms with Crippen molar-refractivity contribution in [3.8, 4) is 5.75 Å². The van der Waals surface area contributed by atoms with Crippen LogP contribution in [0.4, 0.5) is 8.78 Å². The summed E-state index contributed by atoms with van der Waals surface area (Å²) in [7, 11) is 0. The van der Waals surface area contributed by atoms with E-state index in [4.69, 9.17) is 0 Å². The summed E-state index contributed by atoms with van der Waals surface area (Å²) < 4.78 is 29.6. The highest BCUT2D eigenvalue weighted by Crippen LogP contribution is 2.38. The summed E-state index contributed by atoms with van der Waals surface area (Å²) in [6, 6.07) is 3.37. The van der Waals surface area contributed by atoms with Crippen LogP contribution in [0.5, 0.6) is 5.75 Å². The fraction of sp³-hybridized carbons (Fsp3) is 0.467. The molecule has 20 heavy (non-hydrogen) atoms. The summed E-state index contributed by atoms with van der Waals surface area (Å²) in [5.41, 5.74) is 2.13. The van der Waals surface area contributed by atoms with Gasteiger partial charge in [0.1, 0.15) is 17.3 Å². The molecule has 1 aliphatic carbocycles. The molecule has 0 aliphatic heterocycles. The number of benzene rings is 1. The van der Waals surface area contributed by atoms with Gasteiger partial charge in [-0.05, 0) is 31.0 Å². The third-order valence-corrected chi connectivity index (χ3v) is 3.46. The Kier molecular flexibility index (Phi) is 4.16. The van der Waals surface area contributed by atoms with Gasteiger partial charge in [-0.15, -0.1) is 0 Å². The zero-order valence-corrected chi connectivity index (χ0v) is 11.4. The van der Waals surface area contributed by atoms with Crippen LogP contribution in [0.1, 0.15) is 41.9 Å². The lowest BCUT2D eigenvalue weighted by Crippen LogP contribution is -2.22. The molecule has 0 bridgehead atoms. The molecule has 2 rings (SSSR count). The quantitative estimate of drug-likeness (QED) is 0.799. The average Bonchev–Trinajstić information content (AvgIpc) is 2.24. The van der Waals surface area contributed by atoms with Gasteiger partial charge in [-0.1, -0.05) is 6.07 Å². The second kappa shape index (κ2) is 5.69. The Morgan fingerprint density at radius 3 is 2.30 bits per heavy atom. The molecule has 3 nitrogen and oxygen atoms in total. The molecule has 0 atom stereocenters. The van der Waals surface area contributed by atoms with Crippen molar-refractivity contribution in [1.29, 1.82) is 0 Å². The predicted octanol–water partition coefficient (Wildman–Crippen LogP) is 3.31. The zero-order valence-electron chi connectivity index (χ0n) is 11.4. The summed E-state index contributed by atoms with van der Waals surface area (Å²) in [5, 5.41) is 0. The lowest BCUT2D eigenvalue weighted by Gasteiger charge is -2.25. The molecule has 0 spiro atoms. The molecule has 1 aliphatic rings. The molecule has 1 fully saturated rings. The van der Waals surface area contributed by atoms with Crippen molar-refractivity contribution in [2.24, 2.45) is 0 Å². The topological polar surface area (TPSA) is 43.4 Å². The van der Waals surface area contributed by atoms with Crippen molar-refractivity contribution in [3.05, 3.63) is 28.8 Å². The number of halogens is 2. The van der Waals surface area contributed by atoms with Gasteiger partial charge in [-0.3, -0.25) is 9.59 Å². The van der Waals surface area contributed by atoms with Crippen molar-refractivity contribution in [3.63, 3.8) is 0 Å². The van der Waals surface area contributed by atoms with Gasteiger partial charge in [0.05, 0.1) is 6.42 Å². The van der Waals surface area contributed by atoms with Crippen molar-refractivity contribution in [2.75, 3.05) is 0 Å². The van der Waals surface area contributed by atoms with Crippen LogP contribution >= 0.6 is 0 Å². The van der Waals surface area contributed by atoms with Gasteiger partial charge in [0.25, 0.3) is 0 Å². The molecular weight excluding hydrogens is 266 g/mol. The molecule has 0 heterocycles. The highest BCUT2D eigenvalue weighted by atomic mass is 19.3. The second-order valence-electron chi connectivity index (χ2n) is 5.23. The largest absolute Gasteiger partial charge is 0.435 e. The van der Waals surface area contributed by atoms with Gasteiger partial charge in [0.15, 0.2) is 0 Å². The molecule has 1 saturated carbocycles. The molecular formula is C15H16F2O3. The number of Topliss-reactive ketones (excluding diaryl/α,β-unsaturated/α-hetero) is 2. The van der Waals surface area contributed by atoms with E-state index in [1.807, 2.05) is 6.07 Å². The van der Waals surface area contributed by atoms with Crippen LogP contribution in [0.15, 0.2) is 12.1 Å². The number of aryl methyl sites for hydroxylation is 2. The van der Waals surface area contributed by atoms with Crippen LogP contribution in [0, 0.1) is 13.8 Å². The SMILES string of the molecule is Cc1cc(C)c(C2CC(=O)CC(=O)C2)c(OC(F)F)c1. The van der Waals surface area contributed by atoms with Crippen LogP contribution < -0.4 is 4.74 Å². The monoisotopic (exact) mass is 282 g/mol. The van der Waals surface area contributed by atoms with E-state index in [0.29, 0.717) is 5.56 Å². The van der Waals surface area contributed by atoms with E-state index < -0.39 is 6.61 Å². The van der Waals surface area contributed by atoms with E-state index in [1.165, 1.54) is 6.07 Å². The summed E-state index contributed by atoms with van der Waals surface area (Å²) in [6.45, 7) is 0.640. The molecule has 1 aromatic rings. The molecule has 108 valence electrons. The Balaban J connectivity index is 2.43. The number of ether oxygens (including phenoxy) is 1. The van der Waals surface area contributed by atoms with Crippen LogP contribution in [0.25, 0.3) is 0 Å². The molecule has 0 saturated heterocycles. The number of hydrogen-bond acceptors (Lipinski definition) is 3. The Morgan fingerprint density at radius 2 is 1.75 bits per heavy atom. The smallest absolute Gasteiger partial charge is 0.387 e. The Morgan fingerprint density at radius 1 is 1.15 bits per heavy atom. The van der Waals surface area contributed by atoms with Crippen LogP contribution in [-0.2, 0) is 9.59 Å². The fourth-order valence-electron chi connectivity index (χ4n) is 2.85. The number of alkyl halides is 2. The van der Waals surface area contributed by atoms with E-state index in [0.717, 1.165) is 11.1 Å². The first-order valence-corrected chi connectivity index (χ1v) is 6.46. The first-order chi connectivity index (χ1) is 9.36. The summed E-state index contributed by atoms with van der Waals surface area (Å²) in [5.74, 6) is -0.577. The lowest BCUT2D eigenvalue weighted by molar-refractivity contribution is -0.130. The van der Waals surface area contributed by atoms with E-state index >= 15 is 0 Å². The maximum atomic E-state index is 12.5. The van der Waals surface area contributed by atoms with E-state index in [-0.39, 0.29) is 42.5 Å². The standard InChI is InChI=1S/C15H16F2O3/c1-8-3-9(2)14(13(4-8)20-15(16)17)10-5-11(18)7-12(19)6-10/h3-4,10,15H,5-7H2,1-2H3. The highest BCUT2D eigenvalue weighted by molar-refractivity contribution is 6.02. The maximum absolute atomic E-state index is 12.5. The maximum Gasteiger partial charge on any atom is 0.387 e. The van der Waals surface area contributed by atoms with Gasteiger partial charge in [0, 0.05) is 24.3 Å². The molecule has 0 N–H and O–H groups in total. The number of hydrogen-bond donors (Lipinski definition) is 0. The van der Waals surface area contributed by atoms with Crippen molar-refractivity contribution in [2.45, 2.75) is 45.6 Å². The van der Waals surface area contributed by atoms with Crippen molar-refractivity contribution < 1.29 is 23.1 Å². The number of carbonyl (C=O) groups is 2. The summed E-state index contributed by atoms with van der Waals surface area (Å²) in [6.07, 6.45) is 0.358. The average molecular weight is 282 g/mol. The fourth-order valence-corrected chi connectivity index (χ4v) is 2.85. The number of rotatable bonds is 3. The minimum absolute atomic E-state index is 0.0492. The minimum Gasteiger partial charge on any atom is -0.435 e. The van der Waals surface area contributed by atoms with Crippen molar-refractivity contribution >= 4 is 11.6 Å². The normalized spacial score (nSPS) is 16.9. The van der Waals surface area contributed by atoms with E-state index in [2.05, 4.69) is 4.74 Å². The van der Waals surface area contributed by atoms with Crippen LogP contribution in [0.3, 0.4) is 0 Å². The second-order valence-corrected chi connectivity index (χ2v) is 5.23. The summed E-state index contributed by atoms with van der Waals surface area (Å²) in [4.78, 5) is 23.1. The highest BCUT2D eigenvalue weighted by Gasteiger charge is 2.30. The number of ketones is 2. The van der Waals surface area contributed by atoms with Gasteiger partial charge < -0.3 is 4.74 Å². The van der Waals surface area contributed by atoms with Gasteiger partial charge in [-0.25, -0.2) is 0 Å². The zero-order chi connectivity index (χ0) is 14.9. The molecule has 5 heteroatoms. The molecule has 1 aromatic carbocycles. The third-order valence-electron chi connectivity index (χ3n) is 3.46. The van der Waals surface area contributed by atoms with Gasteiger partial charge in [-0.2, -0.15) is 8.78 Å². The van der Waals surface area contributed by atoms with E-state index in [1.54, 1.807) is 13.8 Å². The predicted molar refractivity (Wildman–Crippen MR) is 69.2 cm³/mol. The van der Waals surface area contributed by atoms with Crippen LogP contribution in [0.2, 0.25) is 0 Å². The molecule has 0 amide bonds. The number of carbonyl (C=O) groups excluding carboxylic acids is 2. The Labute approximate surface area is 115 Å². The lowest BCUT2D eigenvalue weighted by atomic mass is 9.80. The van der Waals surface area contributed by atoms with E-state index in [9.17, 15) is 18.4 Å². The Bertz CT molecular complexity index is 536. The summed E-state index contributed by atoms with van der Waals surface area (Å²) >= 11 is 0. The molecule has 0 aromatic heterocycles. The third kappa shape index (κ3) is 3.21. The first kappa shape index (κ1) is 14.6. The molecule has 0 unspecified atom stereocenters. The van der Waals surface area contributed by atoms with Gasteiger partial charge in [0.2, 0.25) is 0 Å². The van der Waals surface area contributed by atoms with Gasteiger partial charge >= 0.3 is 6.61 Å². The van der Waals surface area contributed by atoms with Crippen LogP contribution in [-0.4, -0.2) is 18.2 Å². The van der Waals surface area contributed by atoms with Crippen molar-refractivity contribution in [1.82, 2.24) is 0 Å². The Hall–Kier alpha value is -1.78. The molecule has 0 radical (unpaired) electrons. The minimum atomic E-state index is -2.93.